The van der Waals surface area contributed by atoms with E-state index in [2.05, 4.69) is 20.2 Å². The number of amides is 2. The van der Waals surface area contributed by atoms with E-state index < -0.39 is 40.6 Å². The molecule has 0 saturated carbocycles. The molecule has 0 aliphatic carbocycles. The van der Waals surface area contributed by atoms with Crippen LogP contribution in [0, 0.1) is 0 Å². The number of piperidine rings is 2. The molecule has 0 spiro atoms. The van der Waals surface area contributed by atoms with Gasteiger partial charge in [-0.25, -0.2) is 9.59 Å². The van der Waals surface area contributed by atoms with Gasteiger partial charge in [-0.15, -0.1) is 0 Å². The van der Waals surface area contributed by atoms with Crippen LogP contribution in [0.3, 0.4) is 0 Å². The molecule has 0 bridgehead atoms. The number of alkyl halides is 3. The van der Waals surface area contributed by atoms with Crippen molar-refractivity contribution < 1.29 is 32.6 Å². The number of halogens is 4. The Morgan fingerprint density at radius 3 is 2.39 bits per heavy atom. The van der Waals surface area contributed by atoms with E-state index in [0.717, 1.165) is 49.0 Å². The molecule has 3 aliphatic heterocycles. The maximum absolute atomic E-state index is 13.9. The van der Waals surface area contributed by atoms with Gasteiger partial charge in [0.15, 0.2) is 6.10 Å². The second kappa shape index (κ2) is 14.4. The lowest BCUT2D eigenvalue weighted by Crippen LogP contribution is -2.56. The van der Waals surface area contributed by atoms with Crippen LogP contribution >= 0.6 is 11.6 Å². The number of H-pyrrole nitrogens is 1. The molecule has 2 aromatic heterocycles. The van der Waals surface area contributed by atoms with Crippen molar-refractivity contribution in [3.63, 3.8) is 0 Å². The minimum absolute atomic E-state index is 0.0110. The van der Waals surface area contributed by atoms with Crippen molar-refractivity contribution in [2.24, 2.45) is 0 Å². The lowest BCUT2D eigenvalue weighted by atomic mass is 10.0. The van der Waals surface area contributed by atoms with Crippen molar-refractivity contribution in [1.82, 2.24) is 34.6 Å². The van der Waals surface area contributed by atoms with Gasteiger partial charge in [0.05, 0.1) is 33.3 Å². The third-order valence-corrected chi connectivity index (χ3v) is 10.7. The third kappa shape index (κ3) is 7.24. The van der Waals surface area contributed by atoms with Crippen LogP contribution in [0.2, 0.25) is 5.02 Å². The van der Waals surface area contributed by atoms with Crippen LogP contribution in [-0.2, 0) is 22.1 Å². The highest BCUT2D eigenvalue weighted by Crippen LogP contribution is 2.40. The Balaban J connectivity index is 1.07. The Morgan fingerprint density at radius 1 is 0.980 bits per heavy atom. The van der Waals surface area contributed by atoms with Gasteiger partial charge in [-0.05, 0) is 62.5 Å². The Kier molecular flexibility index (Phi) is 9.87. The van der Waals surface area contributed by atoms with Crippen molar-refractivity contribution in [3.8, 4) is 5.75 Å². The molecule has 7 rings (SSSR count). The van der Waals surface area contributed by atoms with Crippen molar-refractivity contribution in [1.29, 1.82) is 0 Å². The SMILES string of the molecule is O=C(O[C@H](Cc1cc(Cl)c(O)c(C(F)(F)F)c1)C(=O)N1CCN(C2CCNCC2)CC1)N1CCC(n2c(=O)[nH]c3c4ccccc4ncc32)CC1. The van der Waals surface area contributed by atoms with Gasteiger partial charge in [0.1, 0.15) is 5.75 Å². The summed E-state index contributed by atoms with van der Waals surface area (Å²) in [5.41, 5.74) is 0.484. The summed E-state index contributed by atoms with van der Waals surface area (Å²) in [6.07, 6.45) is -2.94. The molecule has 12 nitrogen and oxygen atoms in total. The molecular weight excluding hydrogens is 691 g/mol. The molecule has 5 heterocycles. The van der Waals surface area contributed by atoms with E-state index >= 15 is 0 Å². The molecule has 272 valence electrons. The number of carbonyl (C=O) groups is 2. The number of phenolic OH excluding ortho intramolecular Hbond substituents is 1. The molecule has 3 N–H and O–H groups in total. The normalized spacial score (nSPS) is 19.1. The topological polar surface area (TPSA) is 136 Å². The number of aromatic amines is 1. The average Bonchev–Trinajstić information content (AvgIpc) is 3.48. The fourth-order valence-electron chi connectivity index (χ4n) is 7.65. The minimum Gasteiger partial charge on any atom is -0.506 e. The van der Waals surface area contributed by atoms with Gasteiger partial charge in [0.25, 0.3) is 5.91 Å². The number of hydrogen-bond acceptors (Lipinski definition) is 8. The molecule has 4 aromatic rings. The number of hydrogen-bond donors (Lipinski definition) is 3. The molecule has 3 fully saturated rings. The number of aromatic nitrogens is 3. The lowest BCUT2D eigenvalue weighted by molar-refractivity contribution is -0.143. The summed E-state index contributed by atoms with van der Waals surface area (Å²) < 4.78 is 48.7. The Labute approximate surface area is 296 Å². The molecule has 3 saturated heterocycles. The standard InChI is InChI=1S/C35H39ClF3N7O5/c36-26-18-21(17-25(31(26)47)35(37,38)39)19-29(32(48)44-15-13-43(14-16-44)22-5-9-40-10-6-22)51-34(50)45-11-7-23(8-12-45)46-28-20-41-27-4-2-1-3-24(27)30(28)42-33(46)49/h1-4,17-18,20,22-23,29,40,47H,5-16,19H2,(H,42,49)/t29-/m1/s1. The molecular formula is C35H39ClF3N7O5. The maximum atomic E-state index is 13.9. The number of rotatable bonds is 6. The van der Waals surface area contributed by atoms with E-state index in [1.165, 1.54) is 4.90 Å². The van der Waals surface area contributed by atoms with Crippen LogP contribution in [0.4, 0.5) is 18.0 Å². The number of ether oxygens (including phenoxy) is 1. The molecule has 0 unspecified atom stereocenters. The first-order valence-corrected chi connectivity index (χ1v) is 17.6. The van der Waals surface area contributed by atoms with E-state index in [1.807, 2.05) is 24.3 Å². The zero-order valence-electron chi connectivity index (χ0n) is 27.8. The monoisotopic (exact) mass is 729 g/mol. The summed E-state index contributed by atoms with van der Waals surface area (Å²) in [5.74, 6) is -1.62. The number of piperazine rings is 1. The number of likely N-dealkylation sites (tertiary alicyclic amines) is 1. The van der Waals surface area contributed by atoms with Crippen LogP contribution < -0.4 is 11.0 Å². The summed E-state index contributed by atoms with van der Waals surface area (Å²) in [6, 6.07) is 9.58. The highest BCUT2D eigenvalue weighted by molar-refractivity contribution is 6.32. The second-order valence-corrected chi connectivity index (χ2v) is 13.9. The third-order valence-electron chi connectivity index (χ3n) is 10.4. The number of para-hydroxylation sites is 1. The first-order valence-electron chi connectivity index (χ1n) is 17.2. The van der Waals surface area contributed by atoms with Crippen molar-refractivity contribution >= 4 is 45.5 Å². The van der Waals surface area contributed by atoms with Crippen molar-refractivity contribution in [2.45, 2.75) is 56.5 Å². The van der Waals surface area contributed by atoms with E-state index in [1.54, 1.807) is 15.7 Å². The van der Waals surface area contributed by atoms with Gasteiger partial charge in [0.2, 0.25) is 0 Å². The van der Waals surface area contributed by atoms with E-state index in [-0.39, 0.29) is 36.8 Å². The maximum Gasteiger partial charge on any atom is 0.420 e. The highest BCUT2D eigenvalue weighted by atomic mass is 35.5. The smallest absolute Gasteiger partial charge is 0.420 e. The highest BCUT2D eigenvalue weighted by Gasteiger charge is 2.38. The van der Waals surface area contributed by atoms with Gasteiger partial charge in [-0.2, -0.15) is 13.2 Å². The summed E-state index contributed by atoms with van der Waals surface area (Å²) in [7, 11) is 0. The first-order chi connectivity index (χ1) is 24.5. The zero-order valence-corrected chi connectivity index (χ0v) is 28.5. The predicted octanol–water partition coefficient (Wildman–Crippen LogP) is 4.54. The van der Waals surface area contributed by atoms with Gasteiger partial charge in [-0.3, -0.25) is 19.2 Å². The zero-order chi connectivity index (χ0) is 35.9. The van der Waals surface area contributed by atoms with Gasteiger partial charge in [0, 0.05) is 63.2 Å². The Hall–Kier alpha value is -4.34. The molecule has 0 radical (unpaired) electrons. The van der Waals surface area contributed by atoms with Crippen LogP contribution in [0.15, 0.2) is 47.4 Å². The number of carbonyl (C=O) groups excluding carboxylic acids is 2. The van der Waals surface area contributed by atoms with Crippen molar-refractivity contribution in [2.75, 3.05) is 52.4 Å². The molecule has 1 atom stereocenters. The first kappa shape index (κ1) is 35.1. The summed E-state index contributed by atoms with van der Waals surface area (Å²) >= 11 is 5.98. The van der Waals surface area contributed by atoms with Gasteiger partial charge in [-0.1, -0.05) is 29.8 Å². The van der Waals surface area contributed by atoms with Crippen LogP contribution in [0.25, 0.3) is 21.9 Å². The molecule has 51 heavy (non-hydrogen) atoms. The molecule has 3 aliphatic rings. The largest absolute Gasteiger partial charge is 0.506 e. The molecule has 16 heteroatoms. The lowest BCUT2D eigenvalue weighted by Gasteiger charge is -2.41. The fraction of sp³-hybridized carbons (Fsp3) is 0.486. The van der Waals surface area contributed by atoms with Crippen LogP contribution in [-0.4, -0.2) is 111 Å². The Bertz CT molecular complexity index is 1980. The van der Waals surface area contributed by atoms with E-state index in [4.69, 9.17) is 16.3 Å². The van der Waals surface area contributed by atoms with E-state index in [9.17, 15) is 32.7 Å². The predicted molar refractivity (Wildman–Crippen MR) is 184 cm³/mol. The Morgan fingerprint density at radius 2 is 1.69 bits per heavy atom. The number of aromatic hydroxyl groups is 1. The molecule has 2 aromatic carbocycles. The number of fused-ring (bicyclic) bond motifs is 3. The summed E-state index contributed by atoms with van der Waals surface area (Å²) in [5, 5.41) is 13.7. The van der Waals surface area contributed by atoms with Crippen LogP contribution in [0.1, 0.15) is 42.9 Å². The van der Waals surface area contributed by atoms with Gasteiger partial charge >= 0.3 is 18.0 Å². The van der Waals surface area contributed by atoms with Crippen LogP contribution in [0.5, 0.6) is 5.75 Å². The quantitative estimate of drug-likeness (QED) is 0.264. The number of benzene rings is 2. The number of nitrogens with zero attached hydrogens (tertiary/aromatic N) is 5. The second-order valence-electron chi connectivity index (χ2n) is 13.4. The number of pyridine rings is 1. The van der Waals surface area contributed by atoms with Gasteiger partial charge < -0.3 is 29.9 Å². The summed E-state index contributed by atoms with van der Waals surface area (Å²) in [4.78, 5) is 53.5. The number of imidazole rings is 1. The molecule has 2 amide bonds. The van der Waals surface area contributed by atoms with E-state index in [0.29, 0.717) is 56.1 Å². The average molecular weight is 730 g/mol. The number of phenols is 1. The van der Waals surface area contributed by atoms with Crippen molar-refractivity contribution in [3.05, 3.63) is 69.2 Å². The fourth-order valence-corrected chi connectivity index (χ4v) is 7.89. The minimum atomic E-state index is -4.90. The number of nitrogens with one attached hydrogen (secondary N) is 2. The summed E-state index contributed by atoms with van der Waals surface area (Å²) in [6.45, 7) is 4.35.